The van der Waals surface area contributed by atoms with Crippen LogP contribution in [0.2, 0.25) is 5.02 Å². The van der Waals surface area contributed by atoms with Gasteiger partial charge in [-0.15, -0.1) is 0 Å². The van der Waals surface area contributed by atoms with Gasteiger partial charge in [0.05, 0.1) is 5.02 Å². The van der Waals surface area contributed by atoms with Crippen molar-refractivity contribution in [3.05, 3.63) is 52.1 Å². The normalized spacial score (nSPS) is 10.8. The van der Waals surface area contributed by atoms with Crippen LogP contribution in [0, 0.1) is 19.7 Å². The molecule has 2 aromatic rings. The fourth-order valence-corrected chi connectivity index (χ4v) is 2.52. The summed E-state index contributed by atoms with van der Waals surface area (Å²) in [5.41, 5.74) is 4.60. The van der Waals surface area contributed by atoms with Crippen molar-refractivity contribution in [1.29, 1.82) is 0 Å². The summed E-state index contributed by atoms with van der Waals surface area (Å²) in [6.07, 6.45) is 0. The molecule has 2 nitrogen and oxygen atoms in total. The average Bonchev–Trinajstić information content (AvgIpc) is 2.65. The topological polar surface area (TPSA) is 17.0 Å². The van der Waals surface area contributed by atoms with Crippen molar-refractivity contribution < 1.29 is 4.39 Å². The van der Waals surface area contributed by atoms with Gasteiger partial charge in [-0.1, -0.05) is 11.6 Å². The van der Waals surface area contributed by atoms with Crippen LogP contribution in [0.1, 0.15) is 23.9 Å². The lowest BCUT2D eigenvalue weighted by Crippen LogP contribution is -2.03. The molecule has 0 spiro atoms. The zero-order chi connectivity index (χ0) is 14.0. The van der Waals surface area contributed by atoms with Gasteiger partial charge in [0.25, 0.3) is 0 Å². The van der Waals surface area contributed by atoms with Gasteiger partial charge in [0.15, 0.2) is 0 Å². The monoisotopic (exact) mass is 280 g/mol. The van der Waals surface area contributed by atoms with Crippen LogP contribution in [-0.2, 0) is 13.1 Å². The van der Waals surface area contributed by atoms with Crippen LogP contribution in [0.4, 0.5) is 10.1 Å². The van der Waals surface area contributed by atoms with Crippen LogP contribution < -0.4 is 5.32 Å². The van der Waals surface area contributed by atoms with Gasteiger partial charge in [-0.2, -0.15) is 0 Å². The van der Waals surface area contributed by atoms with E-state index in [9.17, 15) is 4.39 Å². The molecule has 0 aliphatic heterocycles. The number of nitrogens with zero attached hydrogens (tertiary/aromatic N) is 1. The third-order valence-electron chi connectivity index (χ3n) is 3.40. The Morgan fingerprint density at radius 2 is 2.00 bits per heavy atom. The summed E-state index contributed by atoms with van der Waals surface area (Å²) in [6.45, 7) is 8.04. The second-order valence-electron chi connectivity index (χ2n) is 4.62. The minimum Gasteiger partial charge on any atom is -0.381 e. The second kappa shape index (κ2) is 5.66. The van der Waals surface area contributed by atoms with Crippen molar-refractivity contribution in [2.45, 2.75) is 33.9 Å². The number of benzene rings is 1. The highest BCUT2D eigenvalue weighted by molar-refractivity contribution is 6.31. The number of halogens is 2. The Bertz CT molecular complexity index is 590. The lowest BCUT2D eigenvalue weighted by Gasteiger charge is -2.08. The van der Waals surface area contributed by atoms with E-state index in [4.69, 9.17) is 11.6 Å². The van der Waals surface area contributed by atoms with Gasteiger partial charge in [-0.25, -0.2) is 4.39 Å². The van der Waals surface area contributed by atoms with E-state index >= 15 is 0 Å². The van der Waals surface area contributed by atoms with Crippen LogP contribution in [0.15, 0.2) is 24.3 Å². The molecular formula is C15H18ClFN2. The van der Waals surface area contributed by atoms with Crippen molar-refractivity contribution in [2.75, 3.05) is 5.32 Å². The van der Waals surface area contributed by atoms with E-state index in [1.807, 2.05) is 0 Å². The molecule has 0 saturated carbocycles. The molecule has 1 aromatic heterocycles. The molecule has 102 valence electrons. The number of anilines is 1. The first-order valence-corrected chi connectivity index (χ1v) is 6.75. The fourth-order valence-electron chi connectivity index (χ4n) is 2.34. The van der Waals surface area contributed by atoms with Crippen LogP contribution >= 0.6 is 11.6 Å². The van der Waals surface area contributed by atoms with Gasteiger partial charge < -0.3 is 9.88 Å². The highest BCUT2D eigenvalue weighted by Crippen LogP contribution is 2.21. The van der Waals surface area contributed by atoms with E-state index in [2.05, 4.69) is 36.7 Å². The predicted molar refractivity (Wildman–Crippen MR) is 78.3 cm³/mol. The standard InChI is InChI=1S/C15H18ClFN2/c1-4-19-10(2)7-12(11(19)3)9-18-13-5-6-15(17)14(16)8-13/h5-8,18H,4,9H2,1-3H3. The fraction of sp³-hybridized carbons (Fsp3) is 0.333. The molecule has 0 saturated heterocycles. The first-order valence-electron chi connectivity index (χ1n) is 6.37. The lowest BCUT2D eigenvalue weighted by molar-refractivity contribution is 0.628. The highest BCUT2D eigenvalue weighted by Gasteiger charge is 2.07. The molecular weight excluding hydrogens is 263 g/mol. The summed E-state index contributed by atoms with van der Waals surface area (Å²) in [4.78, 5) is 0. The SMILES string of the molecule is CCn1c(C)cc(CNc2ccc(F)c(Cl)c2)c1C. The first-order chi connectivity index (χ1) is 9.02. The van der Waals surface area contributed by atoms with E-state index in [0.717, 1.165) is 12.2 Å². The van der Waals surface area contributed by atoms with Gasteiger partial charge in [-0.05, 0) is 50.6 Å². The number of hydrogen-bond acceptors (Lipinski definition) is 1. The average molecular weight is 281 g/mol. The lowest BCUT2D eigenvalue weighted by atomic mass is 10.2. The zero-order valence-electron chi connectivity index (χ0n) is 11.4. The van der Waals surface area contributed by atoms with E-state index in [0.29, 0.717) is 6.54 Å². The number of nitrogens with one attached hydrogen (secondary N) is 1. The zero-order valence-corrected chi connectivity index (χ0v) is 12.2. The maximum atomic E-state index is 13.1. The minimum absolute atomic E-state index is 0.143. The van der Waals surface area contributed by atoms with E-state index in [1.165, 1.54) is 23.0 Å². The van der Waals surface area contributed by atoms with Crippen molar-refractivity contribution in [2.24, 2.45) is 0 Å². The first kappa shape index (κ1) is 13.9. The van der Waals surface area contributed by atoms with Crippen LogP contribution in [0.3, 0.4) is 0 Å². The third-order valence-corrected chi connectivity index (χ3v) is 3.69. The Hall–Kier alpha value is -1.48. The number of hydrogen-bond donors (Lipinski definition) is 1. The summed E-state index contributed by atoms with van der Waals surface area (Å²) in [5.74, 6) is -0.392. The van der Waals surface area contributed by atoms with Gasteiger partial charge in [0.1, 0.15) is 5.82 Å². The maximum absolute atomic E-state index is 13.1. The summed E-state index contributed by atoms with van der Waals surface area (Å²) < 4.78 is 15.3. The molecule has 0 radical (unpaired) electrons. The number of aryl methyl sites for hydroxylation is 1. The van der Waals surface area contributed by atoms with E-state index in [1.54, 1.807) is 12.1 Å². The Labute approximate surface area is 118 Å². The Morgan fingerprint density at radius 3 is 2.58 bits per heavy atom. The van der Waals surface area contributed by atoms with E-state index in [-0.39, 0.29) is 5.02 Å². The predicted octanol–water partition coefficient (Wildman–Crippen LogP) is 4.53. The van der Waals surface area contributed by atoms with Gasteiger partial charge >= 0.3 is 0 Å². The van der Waals surface area contributed by atoms with Crippen molar-refractivity contribution in [1.82, 2.24) is 4.57 Å². The van der Waals surface area contributed by atoms with Gasteiger partial charge in [0.2, 0.25) is 0 Å². The third kappa shape index (κ3) is 2.92. The van der Waals surface area contributed by atoms with Crippen LogP contribution in [-0.4, -0.2) is 4.57 Å². The molecule has 0 aliphatic rings. The Kier molecular flexibility index (Phi) is 4.15. The molecule has 19 heavy (non-hydrogen) atoms. The molecule has 0 bridgehead atoms. The molecule has 0 atom stereocenters. The highest BCUT2D eigenvalue weighted by atomic mass is 35.5. The molecule has 0 unspecified atom stereocenters. The molecule has 4 heteroatoms. The molecule has 0 aliphatic carbocycles. The largest absolute Gasteiger partial charge is 0.381 e. The van der Waals surface area contributed by atoms with Crippen molar-refractivity contribution in [3.63, 3.8) is 0 Å². The Morgan fingerprint density at radius 1 is 1.26 bits per heavy atom. The van der Waals surface area contributed by atoms with Crippen LogP contribution in [0.25, 0.3) is 0 Å². The Balaban J connectivity index is 2.12. The maximum Gasteiger partial charge on any atom is 0.141 e. The number of aromatic nitrogens is 1. The van der Waals surface area contributed by atoms with Gasteiger partial charge in [-0.3, -0.25) is 0 Å². The smallest absolute Gasteiger partial charge is 0.141 e. The summed E-state index contributed by atoms with van der Waals surface area (Å²) >= 11 is 5.76. The molecule has 2 rings (SSSR count). The summed E-state index contributed by atoms with van der Waals surface area (Å²) in [5, 5.41) is 3.41. The summed E-state index contributed by atoms with van der Waals surface area (Å²) in [7, 11) is 0. The second-order valence-corrected chi connectivity index (χ2v) is 5.03. The minimum atomic E-state index is -0.392. The van der Waals surface area contributed by atoms with Crippen molar-refractivity contribution >= 4 is 17.3 Å². The van der Waals surface area contributed by atoms with Gasteiger partial charge in [0, 0.05) is 30.2 Å². The number of rotatable bonds is 4. The summed E-state index contributed by atoms with van der Waals surface area (Å²) in [6, 6.07) is 6.85. The van der Waals surface area contributed by atoms with E-state index < -0.39 is 5.82 Å². The molecule has 1 N–H and O–H groups in total. The molecule has 0 fully saturated rings. The molecule has 0 amide bonds. The van der Waals surface area contributed by atoms with Crippen LogP contribution in [0.5, 0.6) is 0 Å². The quantitative estimate of drug-likeness (QED) is 0.871. The molecule has 1 heterocycles. The molecule has 1 aromatic carbocycles. The van der Waals surface area contributed by atoms with Crippen molar-refractivity contribution in [3.8, 4) is 0 Å².